The van der Waals surface area contributed by atoms with Crippen LogP contribution < -0.4 is 5.56 Å². The zero-order chi connectivity index (χ0) is 16.8. The first kappa shape index (κ1) is 15.2. The zero-order valence-electron chi connectivity index (χ0n) is 11.9. The number of fused-ring (bicyclic) bond motifs is 1. The quantitative estimate of drug-likeness (QED) is 0.745. The molecule has 0 amide bonds. The highest BCUT2D eigenvalue weighted by Crippen LogP contribution is 2.31. The van der Waals surface area contributed by atoms with Gasteiger partial charge < -0.3 is 10.1 Å². The molecule has 2 aromatic carbocycles. The van der Waals surface area contributed by atoms with Crippen molar-refractivity contribution in [1.82, 2.24) is 9.97 Å². The van der Waals surface area contributed by atoms with Crippen LogP contribution in [-0.4, -0.2) is 29.7 Å². The van der Waals surface area contributed by atoms with E-state index >= 15 is 0 Å². The molecule has 0 atom stereocenters. The first-order valence-electron chi connectivity index (χ1n) is 6.48. The van der Waals surface area contributed by atoms with Gasteiger partial charge in [-0.05, 0) is 29.8 Å². The van der Waals surface area contributed by atoms with Crippen molar-refractivity contribution in [3.8, 4) is 16.9 Å². The molecular formula is C15H11FN2O4S. The molecule has 0 bridgehead atoms. The summed E-state index contributed by atoms with van der Waals surface area (Å²) in [5, 5.41) is 10.1. The summed E-state index contributed by atoms with van der Waals surface area (Å²) >= 11 is 0. The van der Waals surface area contributed by atoms with Crippen molar-refractivity contribution in [3.63, 3.8) is 0 Å². The second-order valence-corrected chi connectivity index (χ2v) is 7.05. The molecule has 0 spiro atoms. The Morgan fingerprint density at radius 3 is 2.61 bits per heavy atom. The van der Waals surface area contributed by atoms with E-state index in [9.17, 15) is 22.7 Å². The smallest absolute Gasteiger partial charge is 0.258 e. The van der Waals surface area contributed by atoms with E-state index in [2.05, 4.69) is 9.97 Å². The van der Waals surface area contributed by atoms with Gasteiger partial charge in [-0.1, -0.05) is 6.07 Å². The van der Waals surface area contributed by atoms with Crippen molar-refractivity contribution in [2.24, 2.45) is 0 Å². The predicted molar refractivity (Wildman–Crippen MR) is 82.5 cm³/mol. The van der Waals surface area contributed by atoms with Gasteiger partial charge in [0.15, 0.2) is 9.84 Å². The fourth-order valence-electron chi connectivity index (χ4n) is 2.28. The van der Waals surface area contributed by atoms with Gasteiger partial charge >= 0.3 is 0 Å². The third-order valence-electron chi connectivity index (χ3n) is 3.40. The van der Waals surface area contributed by atoms with E-state index in [0.29, 0.717) is 0 Å². The molecule has 0 aliphatic heterocycles. The predicted octanol–water partition coefficient (Wildman–Crippen LogP) is 1.84. The molecule has 2 N–H and O–H groups in total. The number of aromatic hydroxyl groups is 1. The van der Waals surface area contributed by atoms with Gasteiger partial charge in [0.1, 0.15) is 17.1 Å². The maximum atomic E-state index is 14.3. The van der Waals surface area contributed by atoms with Crippen LogP contribution in [0, 0.1) is 5.82 Å². The molecule has 0 saturated carbocycles. The van der Waals surface area contributed by atoms with Gasteiger partial charge in [-0.3, -0.25) is 4.79 Å². The number of aromatic amines is 1. The summed E-state index contributed by atoms with van der Waals surface area (Å²) in [5.41, 5.74) is -0.0603. The van der Waals surface area contributed by atoms with Crippen LogP contribution in [0.5, 0.6) is 5.75 Å². The number of aromatic nitrogens is 2. The van der Waals surface area contributed by atoms with Crippen molar-refractivity contribution in [3.05, 3.63) is 52.8 Å². The van der Waals surface area contributed by atoms with Crippen molar-refractivity contribution < 1.29 is 17.9 Å². The topological polar surface area (TPSA) is 100 Å². The Morgan fingerprint density at radius 2 is 1.96 bits per heavy atom. The van der Waals surface area contributed by atoms with E-state index in [1.807, 2.05) is 0 Å². The highest BCUT2D eigenvalue weighted by atomic mass is 32.2. The van der Waals surface area contributed by atoms with Crippen molar-refractivity contribution >= 4 is 20.7 Å². The Labute approximate surface area is 130 Å². The lowest BCUT2D eigenvalue weighted by Gasteiger charge is -2.08. The molecule has 8 heteroatoms. The van der Waals surface area contributed by atoms with E-state index < -0.39 is 21.2 Å². The minimum atomic E-state index is -3.53. The van der Waals surface area contributed by atoms with Gasteiger partial charge in [-0.25, -0.2) is 17.8 Å². The van der Waals surface area contributed by atoms with Gasteiger partial charge in [0, 0.05) is 11.8 Å². The van der Waals surface area contributed by atoms with Gasteiger partial charge in [0.2, 0.25) is 0 Å². The number of benzene rings is 2. The summed E-state index contributed by atoms with van der Waals surface area (Å²) in [4.78, 5) is 17.9. The van der Waals surface area contributed by atoms with E-state index in [1.54, 1.807) is 0 Å². The first-order chi connectivity index (χ1) is 10.8. The molecule has 118 valence electrons. The van der Waals surface area contributed by atoms with Crippen LogP contribution in [0.4, 0.5) is 4.39 Å². The SMILES string of the molecule is CS(=O)(=O)c1ccc(-c2cc(O)c3nc[nH]c(=O)c3c2)c(F)c1. The fraction of sp³-hybridized carbons (Fsp3) is 0.0667. The molecule has 0 aliphatic carbocycles. The monoisotopic (exact) mass is 334 g/mol. The average molecular weight is 334 g/mol. The van der Waals surface area contributed by atoms with E-state index in [4.69, 9.17) is 0 Å². The summed E-state index contributed by atoms with van der Waals surface area (Å²) in [6.07, 6.45) is 2.14. The second-order valence-electron chi connectivity index (χ2n) is 5.04. The number of hydrogen-bond acceptors (Lipinski definition) is 5. The Balaban J connectivity index is 2.25. The number of H-pyrrole nitrogens is 1. The Kier molecular flexibility index (Phi) is 3.41. The molecule has 0 unspecified atom stereocenters. The summed E-state index contributed by atoms with van der Waals surface area (Å²) in [6.45, 7) is 0. The Morgan fingerprint density at radius 1 is 1.22 bits per heavy atom. The minimum absolute atomic E-state index is 0.0675. The lowest BCUT2D eigenvalue weighted by atomic mass is 10.0. The van der Waals surface area contributed by atoms with Crippen LogP contribution in [0.1, 0.15) is 0 Å². The first-order valence-corrected chi connectivity index (χ1v) is 8.37. The lowest BCUT2D eigenvalue weighted by molar-refractivity contribution is 0.480. The molecule has 1 heterocycles. The van der Waals surface area contributed by atoms with Crippen LogP contribution in [-0.2, 0) is 9.84 Å². The van der Waals surface area contributed by atoms with Crippen LogP contribution in [0.25, 0.3) is 22.0 Å². The molecule has 1 aromatic heterocycles. The Bertz CT molecular complexity index is 1090. The molecule has 6 nitrogen and oxygen atoms in total. The summed E-state index contributed by atoms with van der Waals surface area (Å²) in [6, 6.07) is 6.12. The van der Waals surface area contributed by atoms with Crippen LogP contribution >= 0.6 is 0 Å². The van der Waals surface area contributed by atoms with Crippen molar-refractivity contribution in [1.29, 1.82) is 0 Å². The third-order valence-corrected chi connectivity index (χ3v) is 4.51. The zero-order valence-corrected chi connectivity index (χ0v) is 12.7. The Hall–Kier alpha value is -2.74. The normalized spacial score (nSPS) is 11.7. The van der Waals surface area contributed by atoms with Crippen LogP contribution in [0.15, 0.2) is 46.3 Å². The second kappa shape index (κ2) is 5.17. The van der Waals surface area contributed by atoms with Crippen LogP contribution in [0.2, 0.25) is 0 Å². The maximum absolute atomic E-state index is 14.3. The highest BCUT2D eigenvalue weighted by Gasteiger charge is 2.15. The number of rotatable bonds is 2. The molecule has 3 rings (SSSR count). The molecule has 0 saturated heterocycles. The minimum Gasteiger partial charge on any atom is -0.506 e. The van der Waals surface area contributed by atoms with E-state index in [1.165, 1.54) is 24.3 Å². The third kappa shape index (κ3) is 2.68. The van der Waals surface area contributed by atoms with Crippen molar-refractivity contribution in [2.45, 2.75) is 4.90 Å². The number of phenolic OH excluding ortho intramolecular Hbond substituents is 1. The number of hydrogen-bond donors (Lipinski definition) is 2. The molecule has 0 radical (unpaired) electrons. The van der Waals surface area contributed by atoms with Crippen molar-refractivity contribution in [2.75, 3.05) is 6.26 Å². The number of sulfone groups is 1. The largest absolute Gasteiger partial charge is 0.506 e. The van der Waals surface area contributed by atoms with Gasteiger partial charge in [-0.2, -0.15) is 0 Å². The van der Waals surface area contributed by atoms with Gasteiger partial charge in [0.05, 0.1) is 16.6 Å². The number of halogens is 1. The molecular weight excluding hydrogens is 323 g/mol. The summed E-state index contributed by atoms with van der Waals surface area (Å²) < 4.78 is 37.1. The molecule has 23 heavy (non-hydrogen) atoms. The molecule has 0 fully saturated rings. The number of phenols is 1. The highest BCUT2D eigenvalue weighted by molar-refractivity contribution is 7.90. The van der Waals surface area contributed by atoms with Crippen LogP contribution in [0.3, 0.4) is 0 Å². The van der Waals surface area contributed by atoms with Gasteiger partial charge in [0.25, 0.3) is 5.56 Å². The lowest BCUT2D eigenvalue weighted by Crippen LogP contribution is -2.06. The molecule has 3 aromatic rings. The van der Waals surface area contributed by atoms with Gasteiger partial charge in [-0.15, -0.1) is 0 Å². The maximum Gasteiger partial charge on any atom is 0.258 e. The summed E-state index contributed by atoms with van der Waals surface area (Å²) in [5.74, 6) is -1.04. The molecule has 0 aliphatic rings. The number of nitrogens with one attached hydrogen (secondary N) is 1. The average Bonchev–Trinajstić information content (AvgIpc) is 2.47. The summed E-state index contributed by atoms with van der Waals surface area (Å²) in [7, 11) is -3.53. The van der Waals surface area contributed by atoms with E-state index in [-0.39, 0.29) is 32.7 Å². The standard InChI is InChI=1S/C15H11FN2O4S/c1-23(21,22)9-2-3-10(12(16)6-9)8-4-11-14(13(19)5-8)17-7-18-15(11)20/h2-7,19H,1H3,(H,17,18,20). The number of nitrogens with zero attached hydrogens (tertiary/aromatic N) is 1. The van der Waals surface area contributed by atoms with E-state index in [0.717, 1.165) is 18.6 Å². The fourth-order valence-corrected chi connectivity index (χ4v) is 2.91.